The lowest BCUT2D eigenvalue weighted by atomic mass is 10.1. The molecular weight excluding hydrogens is 465 g/mol. The van der Waals surface area contributed by atoms with Crippen LogP contribution in [0.5, 0.6) is 5.75 Å². The lowest BCUT2D eigenvalue weighted by Crippen LogP contribution is -2.41. The molecule has 152 valence electrons. The summed E-state index contributed by atoms with van der Waals surface area (Å²) in [5.41, 5.74) is 2.32. The molecule has 0 saturated carbocycles. The van der Waals surface area contributed by atoms with Crippen LogP contribution in [-0.2, 0) is 6.42 Å². The van der Waals surface area contributed by atoms with Gasteiger partial charge in [-0.25, -0.2) is 0 Å². The first kappa shape index (κ1) is 22.3. The molecule has 0 amide bonds. The van der Waals surface area contributed by atoms with E-state index in [1.54, 1.807) is 7.11 Å². The monoisotopic (exact) mass is 495 g/mol. The first-order chi connectivity index (χ1) is 13.3. The van der Waals surface area contributed by atoms with E-state index in [2.05, 4.69) is 37.6 Å². The minimum Gasteiger partial charge on any atom is -0.497 e. The Bertz CT molecular complexity index is 741. The van der Waals surface area contributed by atoms with Gasteiger partial charge in [-0.15, -0.1) is 24.0 Å². The Balaban J connectivity index is 0.00000280. The highest BCUT2D eigenvalue weighted by Gasteiger charge is 2.23. The molecule has 1 saturated heterocycles. The van der Waals surface area contributed by atoms with E-state index in [4.69, 9.17) is 4.74 Å². The third-order valence-corrected chi connectivity index (χ3v) is 4.89. The minimum atomic E-state index is 0. The molecule has 1 aromatic heterocycles. The summed E-state index contributed by atoms with van der Waals surface area (Å²) in [7, 11) is 3.52. The Morgan fingerprint density at radius 2 is 2.14 bits per heavy atom. The van der Waals surface area contributed by atoms with Crippen molar-refractivity contribution in [3.8, 4) is 5.75 Å². The molecule has 1 atom stereocenters. The van der Waals surface area contributed by atoms with Crippen LogP contribution in [0.1, 0.15) is 12.1 Å². The molecule has 0 bridgehead atoms. The summed E-state index contributed by atoms with van der Waals surface area (Å²) < 4.78 is 5.34. The molecule has 0 aliphatic carbocycles. The van der Waals surface area contributed by atoms with Crippen molar-refractivity contribution < 1.29 is 4.74 Å². The Morgan fingerprint density at radius 1 is 1.25 bits per heavy atom. The second-order valence-electron chi connectivity index (χ2n) is 6.75. The summed E-state index contributed by atoms with van der Waals surface area (Å²) in [6.45, 7) is 3.86. The van der Waals surface area contributed by atoms with Crippen LogP contribution < -0.4 is 20.3 Å². The summed E-state index contributed by atoms with van der Waals surface area (Å²) >= 11 is 0. The van der Waals surface area contributed by atoms with Crippen LogP contribution in [0.4, 0.5) is 5.69 Å². The van der Waals surface area contributed by atoms with Crippen molar-refractivity contribution in [3.63, 3.8) is 0 Å². The molecule has 1 unspecified atom stereocenters. The van der Waals surface area contributed by atoms with Crippen molar-refractivity contribution in [1.29, 1.82) is 0 Å². The van der Waals surface area contributed by atoms with Crippen molar-refractivity contribution >= 4 is 35.6 Å². The zero-order chi connectivity index (χ0) is 18.9. The second-order valence-corrected chi connectivity index (χ2v) is 6.75. The predicted octanol–water partition coefficient (Wildman–Crippen LogP) is 2.94. The van der Waals surface area contributed by atoms with Crippen LogP contribution in [0.15, 0.2) is 53.7 Å². The van der Waals surface area contributed by atoms with E-state index in [-0.39, 0.29) is 24.0 Å². The smallest absolute Gasteiger partial charge is 0.190 e. The van der Waals surface area contributed by atoms with Crippen molar-refractivity contribution in [2.75, 3.05) is 45.2 Å². The standard InChI is InChI=1S/C21H29N5O.HI/c1-22-21(24-12-9-18-6-3-4-11-23-18)25-15-17-10-13-26(16-17)19-7-5-8-20(14-19)27-2;/h3-8,11,14,17H,9-10,12-13,15-16H2,1-2H3,(H2,22,24,25);1H. The molecule has 1 aliphatic rings. The predicted molar refractivity (Wildman–Crippen MR) is 126 cm³/mol. The molecule has 28 heavy (non-hydrogen) atoms. The maximum atomic E-state index is 5.34. The number of nitrogens with zero attached hydrogens (tertiary/aromatic N) is 3. The summed E-state index contributed by atoms with van der Waals surface area (Å²) in [6, 6.07) is 14.3. The number of guanidine groups is 1. The van der Waals surface area contributed by atoms with E-state index >= 15 is 0 Å². The van der Waals surface area contributed by atoms with Gasteiger partial charge in [0.05, 0.1) is 7.11 Å². The Labute approximate surface area is 184 Å². The fourth-order valence-corrected chi connectivity index (χ4v) is 3.36. The highest BCUT2D eigenvalue weighted by molar-refractivity contribution is 14.0. The fourth-order valence-electron chi connectivity index (χ4n) is 3.36. The molecule has 6 nitrogen and oxygen atoms in total. The number of nitrogens with one attached hydrogen (secondary N) is 2. The number of anilines is 1. The van der Waals surface area contributed by atoms with Gasteiger partial charge in [0.2, 0.25) is 0 Å². The number of aliphatic imine (C=N–C) groups is 1. The molecule has 2 aromatic rings. The van der Waals surface area contributed by atoms with Crippen molar-refractivity contribution in [2.24, 2.45) is 10.9 Å². The lowest BCUT2D eigenvalue weighted by Gasteiger charge is -2.20. The molecule has 2 heterocycles. The number of aromatic nitrogens is 1. The van der Waals surface area contributed by atoms with Gasteiger partial charge in [0.1, 0.15) is 5.75 Å². The van der Waals surface area contributed by atoms with E-state index in [0.717, 1.165) is 50.0 Å². The Kier molecular flexibility index (Phi) is 9.33. The molecule has 3 rings (SSSR count). The number of benzene rings is 1. The number of pyridine rings is 1. The maximum absolute atomic E-state index is 5.34. The summed E-state index contributed by atoms with van der Waals surface area (Å²) in [6.07, 6.45) is 3.89. The minimum absolute atomic E-state index is 0. The van der Waals surface area contributed by atoms with Gasteiger partial charge in [-0.2, -0.15) is 0 Å². The van der Waals surface area contributed by atoms with Crippen molar-refractivity contribution in [1.82, 2.24) is 15.6 Å². The first-order valence-corrected chi connectivity index (χ1v) is 9.52. The molecule has 7 heteroatoms. The number of halogens is 1. The molecular formula is C21H30IN5O. The van der Waals surface area contributed by atoms with Gasteiger partial charge < -0.3 is 20.3 Å². The zero-order valence-electron chi connectivity index (χ0n) is 16.6. The van der Waals surface area contributed by atoms with E-state index < -0.39 is 0 Å². The number of ether oxygens (including phenoxy) is 1. The van der Waals surface area contributed by atoms with Crippen molar-refractivity contribution in [2.45, 2.75) is 12.8 Å². The van der Waals surface area contributed by atoms with Gasteiger partial charge >= 0.3 is 0 Å². The average Bonchev–Trinajstić information content (AvgIpc) is 3.20. The van der Waals surface area contributed by atoms with E-state index in [1.165, 1.54) is 12.1 Å². The average molecular weight is 495 g/mol. The number of rotatable bonds is 7. The molecule has 0 spiro atoms. The molecule has 1 aromatic carbocycles. The van der Waals surface area contributed by atoms with E-state index in [1.807, 2.05) is 43.6 Å². The van der Waals surface area contributed by atoms with Gasteiger partial charge in [-0.05, 0) is 36.6 Å². The Morgan fingerprint density at radius 3 is 2.89 bits per heavy atom. The van der Waals surface area contributed by atoms with Crippen LogP contribution in [0.25, 0.3) is 0 Å². The van der Waals surface area contributed by atoms with Crippen LogP contribution in [0.3, 0.4) is 0 Å². The Hall–Kier alpha value is -2.03. The highest BCUT2D eigenvalue weighted by Crippen LogP contribution is 2.26. The highest BCUT2D eigenvalue weighted by atomic mass is 127. The molecule has 1 fully saturated rings. The number of hydrogen-bond acceptors (Lipinski definition) is 4. The van der Waals surface area contributed by atoms with Gasteiger partial charge in [-0.1, -0.05) is 12.1 Å². The van der Waals surface area contributed by atoms with Crippen LogP contribution in [-0.4, -0.2) is 51.3 Å². The van der Waals surface area contributed by atoms with Gasteiger partial charge in [0.15, 0.2) is 5.96 Å². The maximum Gasteiger partial charge on any atom is 0.190 e. The number of methoxy groups -OCH3 is 1. The van der Waals surface area contributed by atoms with Gasteiger partial charge in [-0.3, -0.25) is 9.98 Å². The van der Waals surface area contributed by atoms with Crippen LogP contribution in [0, 0.1) is 5.92 Å². The van der Waals surface area contributed by atoms with Crippen molar-refractivity contribution in [3.05, 3.63) is 54.4 Å². The quantitative estimate of drug-likeness (QED) is 0.352. The van der Waals surface area contributed by atoms with Crippen LogP contribution in [0.2, 0.25) is 0 Å². The first-order valence-electron chi connectivity index (χ1n) is 9.52. The summed E-state index contributed by atoms with van der Waals surface area (Å²) in [5.74, 6) is 2.36. The fraction of sp³-hybridized carbons (Fsp3) is 0.429. The largest absolute Gasteiger partial charge is 0.497 e. The van der Waals surface area contributed by atoms with E-state index in [0.29, 0.717) is 5.92 Å². The van der Waals surface area contributed by atoms with E-state index in [9.17, 15) is 0 Å². The third-order valence-electron chi connectivity index (χ3n) is 4.89. The molecule has 1 aliphatic heterocycles. The van der Waals surface area contributed by atoms with Gasteiger partial charge in [0, 0.05) is 63.3 Å². The molecule has 2 N–H and O–H groups in total. The summed E-state index contributed by atoms with van der Waals surface area (Å²) in [4.78, 5) is 11.1. The second kappa shape index (κ2) is 11.7. The zero-order valence-corrected chi connectivity index (χ0v) is 18.9. The number of hydrogen-bond donors (Lipinski definition) is 2. The lowest BCUT2D eigenvalue weighted by molar-refractivity contribution is 0.415. The SMILES string of the molecule is CN=C(NCCc1ccccn1)NCC1CCN(c2cccc(OC)c2)C1.I. The van der Waals surface area contributed by atoms with Crippen LogP contribution >= 0.6 is 24.0 Å². The summed E-state index contributed by atoms with van der Waals surface area (Å²) in [5, 5.41) is 6.83. The molecule has 0 radical (unpaired) electrons. The topological polar surface area (TPSA) is 61.8 Å². The third kappa shape index (κ3) is 6.54. The normalized spacial score (nSPS) is 16.4. The van der Waals surface area contributed by atoms with Gasteiger partial charge in [0.25, 0.3) is 0 Å².